The summed E-state index contributed by atoms with van der Waals surface area (Å²) in [6.45, 7) is 8.94. The van der Waals surface area contributed by atoms with Crippen LogP contribution in [0.1, 0.15) is 47.0 Å². The Morgan fingerprint density at radius 3 is 1.47 bits per heavy atom. The average Bonchev–Trinajstić information content (AvgIpc) is 3.65. The van der Waals surface area contributed by atoms with Gasteiger partial charge in [0.15, 0.2) is 0 Å². The van der Waals surface area contributed by atoms with Gasteiger partial charge in [0.2, 0.25) is 0 Å². The highest BCUT2D eigenvalue weighted by Gasteiger charge is 2.22. The Morgan fingerprint density at radius 2 is 1.08 bits per heavy atom. The fourth-order valence-corrected chi connectivity index (χ4v) is 7.93. The highest BCUT2D eigenvalue weighted by molar-refractivity contribution is 7.23. The van der Waals surface area contributed by atoms with E-state index in [-0.39, 0.29) is 11.9 Å². The lowest BCUT2D eigenvalue weighted by Gasteiger charge is -2.10. The molecule has 0 N–H and O–H groups in total. The van der Waals surface area contributed by atoms with Crippen molar-refractivity contribution >= 4 is 77.5 Å². The molecule has 0 spiro atoms. The summed E-state index contributed by atoms with van der Waals surface area (Å²) in [5.41, 5.74) is 2.31. The van der Waals surface area contributed by atoms with Crippen molar-refractivity contribution in [3.63, 3.8) is 0 Å². The van der Waals surface area contributed by atoms with Gasteiger partial charge in [-0.25, -0.2) is 9.59 Å². The predicted molar refractivity (Wildman–Crippen MR) is 154 cm³/mol. The van der Waals surface area contributed by atoms with Crippen molar-refractivity contribution in [2.24, 2.45) is 11.8 Å². The van der Waals surface area contributed by atoms with E-state index in [9.17, 15) is 9.59 Å². The molecule has 0 radical (unpaired) electrons. The Balaban J connectivity index is 1.56. The fraction of sp³-hybridized carbons (Fsp3) is 0.286. The number of fused-ring (bicyclic) bond motifs is 2. The van der Waals surface area contributed by atoms with Gasteiger partial charge in [0.25, 0.3) is 0 Å². The molecule has 0 atom stereocenters. The molecule has 4 heterocycles. The minimum Gasteiger partial charge on any atom is -0.461 e. The number of carbonyl (C=O) groups is 2. The summed E-state index contributed by atoms with van der Waals surface area (Å²) >= 11 is 6.36. The van der Waals surface area contributed by atoms with Crippen LogP contribution < -0.4 is 0 Å². The van der Waals surface area contributed by atoms with Crippen molar-refractivity contribution in [2.75, 3.05) is 13.2 Å². The number of hydrogen-bond acceptors (Lipinski definition) is 8. The van der Waals surface area contributed by atoms with Crippen LogP contribution in [0.15, 0.2) is 47.2 Å². The molecule has 5 rings (SSSR count). The second kappa shape index (κ2) is 10.5. The van der Waals surface area contributed by atoms with Gasteiger partial charge in [-0.1, -0.05) is 27.7 Å². The standard InChI is InChI=1S/C28H26O4S4/c1-15(2)13-31-27(29)21-7-5-19(35-21)23-17-9-11-34-26(17)24(18-10-12-33-25(18)23)20-6-8-22(36-20)28(30)32-14-16(3)4/h5-12,15-16H,13-14H2,1-4H3. The fourth-order valence-electron chi connectivity index (χ4n) is 3.92. The Labute approximate surface area is 226 Å². The molecule has 0 aliphatic rings. The van der Waals surface area contributed by atoms with E-state index < -0.39 is 0 Å². The van der Waals surface area contributed by atoms with Gasteiger partial charge in [0.05, 0.1) is 13.2 Å². The van der Waals surface area contributed by atoms with Crippen LogP contribution >= 0.6 is 45.3 Å². The van der Waals surface area contributed by atoms with Crippen LogP contribution in [0.2, 0.25) is 0 Å². The average molecular weight is 555 g/mol. The maximum Gasteiger partial charge on any atom is 0.348 e. The number of esters is 2. The van der Waals surface area contributed by atoms with E-state index in [4.69, 9.17) is 9.47 Å². The summed E-state index contributed by atoms with van der Waals surface area (Å²) in [5.74, 6) is 0.0610. The van der Waals surface area contributed by atoms with E-state index >= 15 is 0 Å². The first-order valence-electron chi connectivity index (χ1n) is 11.8. The number of benzene rings is 1. The summed E-state index contributed by atoms with van der Waals surface area (Å²) in [4.78, 5) is 28.5. The third-order valence-electron chi connectivity index (χ3n) is 5.53. The van der Waals surface area contributed by atoms with Crippen molar-refractivity contribution in [2.45, 2.75) is 27.7 Å². The summed E-state index contributed by atoms with van der Waals surface area (Å²) in [6.07, 6.45) is 0. The van der Waals surface area contributed by atoms with E-state index in [1.54, 1.807) is 22.7 Å². The molecule has 4 aromatic heterocycles. The van der Waals surface area contributed by atoms with Gasteiger partial charge in [-0.15, -0.1) is 45.3 Å². The number of ether oxygens (including phenoxy) is 2. The molecule has 1 aromatic carbocycles. The van der Waals surface area contributed by atoms with E-state index in [0.717, 1.165) is 31.7 Å². The molecule has 186 valence electrons. The Morgan fingerprint density at radius 1 is 0.667 bits per heavy atom. The van der Waals surface area contributed by atoms with Gasteiger partial charge in [-0.3, -0.25) is 0 Å². The zero-order chi connectivity index (χ0) is 25.4. The second-order valence-electron chi connectivity index (χ2n) is 9.39. The van der Waals surface area contributed by atoms with Crippen LogP contribution in [0.25, 0.3) is 41.1 Å². The molecule has 0 saturated carbocycles. The SMILES string of the molecule is CC(C)COC(=O)c1ccc(-c2c3ccsc3c(-c3ccc(C(=O)OCC(C)C)s3)c3ccsc23)s1. The van der Waals surface area contributed by atoms with Gasteiger partial charge in [-0.2, -0.15) is 0 Å². The second-order valence-corrected chi connectivity index (χ2v) is 13.4. The van der Waals surface area contributed by atoms with Crippen molar-refractivity contribution in [3.8, 4) is 20.9 Å². The first kappa shape index (κ1) is 25.1. The molecule has 0 aliphatic heterocycles. The normalized spacial score (nSPS) is 11.7. The van der Waals surface area contributed by atoms with Crippen molar-refractivity contribution in [1.82, 2.24) is 0 Å². The monoisotopic (exact) mass is 554 g/mol. The molecule has 5 aromatic rings. The maximum absolute atomic E-state index is 12.6. The Hall–Kier alpha value is -2.52. The van der Waals surface area contributed by atoms with E-state index in [2.05, 4.69) is 22.9 Å². The van der Waals surface area contributed by atoms with Gasteiger partial charge < -0.3 is 9.47 Å². The molecule has 0 fully saturated rings. The molecule has 0 bridgehead atoms. The molecule has 0 amide bonds. The summed E-state index contributed by atoms with van der Waals surface area (Å²) < 4.78 is 13.3. The molecular formula is C28H26O4S4. The lowest BCUT2D eigenvalue weighted by atomic mass is 10.0. The smallest absolute Gasteiger partial charge is 0.348 e. The van der Waals surface area contributed by atoms with Gasteiger partial charge in [-0.05, 0) is 59.0 Å². The molecule has 36 heavy (non-hydrogen) atoms. The molecule has 0 aliphatic carbocycles. The summed E-state index contributed by atoms with van der Waals surface area (Å²) in [7, 11) is 0. The number of hydrogen-bond donors (Lipinski definition) is 0. The van der Waals surface area contributed by atoms with Crippen molar-refractivity contribution in [1.29, 1.82) is 0 Å². The first-order chi connectivity index (χ1) is 17.3. The topological polar surface area (TPSA) is 52.6 Å². The number of rotatable bonds is 8. The van der Waals surface area contributed by atoms with Gasteiger partial charge >= 0.3 is 11.9 Å². The Kier molecular flexibility index (Phi) is 7.30. The van der Waals surface area contributed by atoms with E-state index in [1.165, 1.54) is 32.1 Å². The zero-order valence-electron chi connectivity index (χ0n) is 20.5. The molecule has 0 saturated heterocycles. The first-order valence-corrected chi connectivity index (χ1v) is 15.2. The minimum atomic E-state index is -0.268. The largest absolute Gasteiger partial charge is 0.461 e. The quantitative estimate of drug-likeness (QED) is 0.179. The molecule has 4 nitrogen and oxygen atoms in total. The molecular weight excluding hydrogens is 529 g/mol. The van der Waals surface area contributed by atoms with Crippen LogP contribution in [0.5, 0.6) is 0 Å². The van der Waals surface area contributed by atoms with Crippen LogP contribution in [0, 0.1) is 11.8 Å². The minimum absolute atomic E-state index is 0.268. The summed E-state index contributed by atoms with van der Waals surface area (Å²) in [6, 6.07) is 12.1. The third kappa shape index (κ3) is 4.87. The van der Waals surface area contributed by atoms with Crippen LogP contribution in [-0.4, -0.2) is 25.2 Å². The Bertz CT molecular complexity index is 1380. The van der Waals surface area contributed by atoms with E-state index in [0.29, 0.717) is 34.8 Å². The molecule has 0 unspecified atom stereocenters. The van der Waals surface area contributed by atoms with Crippen LogP contribution in [0.3, 0.4) is 0 Å². The van der Waals surface area contributed by atoms with Crippen LogP contribution in [0.4, 0.5) is 0 Å². The number of thiophene rings is 4. The maximum atomic E-state index is 12.6. The lowest BCUT2D eigenvalue weighted by molar-refractivity contribution is 0.0456. The number of carbonyl (C=O) groups excluding carboxylic acids is 2. The highest BCUT2D eigenvalue weighted by Crippen LogP contribution is 2.50. The van der Waals surface area contributed by atoms with Crippen molar-refractivity contribution in [3.05, 3.63) is 56.9 Å². The highest BCUT2D eigenvalue weighted by atomic mass is 32.1. The predicted octanol–water partition coefficient (Wildman–Crippen LogP) is 9.20. The van der Waals surface area contributed by atoms with E-state index in [1.807, 2.05) is 52.0 Å². The third-order valence-corrected chi connectivity index (χ3v) is 9.56. The van der Waals surface area contributed by atoms with Crippen LogP contribution in [-0.2, 0) is 9.47 Å². The zero-order valence-corrected chi connectivity index (χ0v) is 23.7. The lowest BCUT2D eigenvalue weighted by Crippen LogP contribution is -2.08. The molecule has 8 heteroatoms. The van der Waals surface area contributed by atoms with Gasteiger partial charge in [0.1, 0.15) is 9.75 Å². The van der Waals surface area contributed by atoms with Gasteiger partial charge in [0, 0.05) is 41.1 Å². The summed E-state index contributed by atoms with van der Waals surface area (Å²) in [5, 5.41) is 6.54. The van der Waals surface area contributed by atoms with Crippen molar-refractivity contribution < 1.29 is 19.1 Å².